The van der Waals surface area contributed by atoms with Crippen molar-refractivity contribution in [2.24, 2.45) is 0 Å². The Kier molecular flexibility index (Phi) is 4.61. The largest absolute Gasteiger partial charge is 0.459 e. The zero-order valence-electron chi connectivity index (χ0n) is 11.0. The minimum absolute atomic E-state index is 0.0421. The van der Waals surface area contributed by atoms with Gasteiger partial charge in [-0.05, 0) is 40.2 Å². The fraction of sp³-hybridized carbons (Fsp3) is 0.833. The van der Waals surface area contributed by atoms with Crippen molar-refractivity contribution in [3.63, 3.8) is 0 Å². The van der Waals surface area contributed by atoms with Gasteiger partial charge in [-0.25, -0.2) is 0 Å². The molecule has 1 rings (SSSR count). The van der Waals surface area contributed by atoms with E-state index < -0.39 is 10.3 Å². The fourth-order valence-corrected chi connectivity index (χ4v) is 2.92. The van der Waals surface area contributed by atoms with Crippen LogP contribution in [0.4, 0.5) is 0 Å². The Bertz CT molecular complexity index is 303. The van der Waals surface area contributed by atoms with E-state index in [1.165, 1.54) is 6.92 Å². The Morgan fingerprint density at radius 3 is 2.41 bits per heavy atom. The summed E-state index contributed by atoms with van der Waals surface area (Å²) in [7, 11) is 0. The molecule has 0 saturated carbocycles. The van der Waals surface area contributed by atoms with Gasteiger partial charge in [0.15, 0.2) is 5.12 Å². The zero-order valence-corrected chi connectivity index (χ0v) is 11.8. The third-order valence-corrected chi connectivity index (χ3v) is 3.65. The molecule has 1 saturated heterocycles. The smallest absolute Gasteiger partial charge is 0.324 e. The van der Waals surface area contributed by atoms with Crippen LogP contribution in [0.2, 0.25) is 0 Å². The van der Waals surface area contributed by atoms with Gasteiger partial charge >= 0.3 is 5.97 Å². The number of carbonyl (C=O) groups excluding carboxylic acids is 2. The van der Waals surface area contributed by atoms with Crippen molar-refractivity contribution in [3.8, 4) is 0 Å². The first-order chi connectivity index (χ1) is 7.75. The molecule has 0 spiro atoms. The van der Waals surface area contributed by atoms with Crippen LogP contribution in [0, 0.1) is 0 Å². The van der Waals surface area contributed by atoms with E-state index in [0.717, 1.165) is 24.7 Å². The molecule has 0 aromatic carbocycles. The second-order valence-electron chi connectivity index (χ2n) is 5.37. The SMILES string of the molecule is CC(=O)S[C@]1(C(=O)OC(C)(C)C)CCCNC1. The van der Waals surface area contributed by atoms with E-state index in [4.69, 9.17) is 4.74 Å². The Labute approximate surface area is 107 Å². The monoisotopic (exact) mass is 259 g/mol. The molecule has 1 aliphatic rings. The number of carbonyl (C=O) groups is 2. The van der Waals surface area contributed by atoms with Gasteiger partial charge in [0.05, 0.1) is 0 Å². The summed E-state index contributed by atoms with van der Waals surface area (Å²) >= 11 is 1.10. The maximum atomic E-state index is 12.2. The van der Waals surface area contributed by atoms with Gasteiger partial charge in [-0.3, -0.25) is 9.59 Å². The Morgan fingerprint density at radius 1 is 1.35 bits per heavy atom. The van der Waals surface area contributed by atoms with Crippen LogP contribution in [0.15, 0.2) is 0 Å². The molecule has 1 fully saturated rings. The van der Waals surface area contributed by atoms with Crippen LogP contribution in [0.3, 0.4) is 0 Å². The van der Waals surface area contributed by atoms with E-state index in [0.29, 0.717) is 13.0 Å². The van der Waals surface area contributed by atoms with Gasteiger partial charge in [0.25, 0.3) is 0 Å². The lowest BCUT2D eigenvalue weighted by atomic mass is 9.98. The number of nitrogens with one attached hydrogen (secondary N) is 1. The molecule has 98 valence electrons. The second kappa shape index (κ2) is 5.40. The molecule has 0 bridgehead atoms. The summed E-state index contributed by atoms with van der Waals surface area (Å²) in [4.78, 5) is 23.6. The van der Waals surface area contributed by atoms with Gasteiger partial charge < -0.3 is 10.1 Å². The van der Waals surface area contributed by atoms with Crippen molar-refractivity contribution in [1.29, 1.82) is 0 Å². The lowest BCUT2D eigenvalue weighted by Gasteiger charge is -2.36. The molecule has 1 aliphatic heterocycles. The summed E-state index contributed by atoms with van der Waals surface area (Å²) in [6.45, 7) is 8.41. The Balaban J connectivity index is 2.81. The summed E-state index contributed by atoms with van der Waals surface area (Å²) in [6.07, 6.45) is 1.58. The molecule has 0 aromatic rings. The molecular weight excluding hydrogens is 238 g/mol. The van der Waals surface area contributed by atoms with Crippen molar-refractivity contribution in [2.45, 2.75) is 50.9 Å². The molecule has 0 aliphatic carbocycles. The summed E-state index contributed by atoms with van der Waals surface area (Å²) in [6, 6.07) is 0. The highest BCUT2D eigenvalue weighted by molar-refractivity contribution is 8.15. The standard InChI is InChI=1S/C12H21NO3S/c1-9(14)17-12(6-5-7-13-8-12)10(15)16-11(2,3)4/h13H,5-8H2,1-4H3/t12-/m1/s1. The first kappa shape index (κ1) is 14.5. The summed E-state index contributed by atoms with van der Waals surface area (Å²) in [5.74, 6) is -0.280. The van der Waals surface area contributed by atoms with Crippen molar-refractivity contribution < 1.29 is 14.3 Å². The van der Waals surface area contributed by atoms with Crippen molar-refractivity contribution >= 4 is 22.8 Å². The first-order valence-corrected chi connectivity index (χ1v) is 6.71. The van der Waals surface area contributed by atoms with Crippen LogP contribution in [-0.2, 0) is 14.3 Å². The van der Waals surface area contributed by atoms with Crippen LogP contribution in [0.25, 0.3) is 0 Å². The van der Waals surface area contributed by atoms with Crippen molar-refractivity contribution in [2.75, 3.05) is 13.1 Å². The molecule has 0 aromatic heterocycles. The van der Waals surface area contributed by atoms with Crippen LogP contribution >= 0.6 is 11.8 Å². The summed E-state index contributed by atoms with van der Waals surface area (Å²) in [5.41, 5.74) is -0.515. The second-order valence-corrected chi connectivity index (χ2v) is 6.93. The number of hydrogen-bond donors (Lipinski definition) is 1. The lowest BCUT2D eigenvalue weighted by molar-refractivity contribution is -0.158. The number of rotatable bonds is 2. The number of hydrogen-bond acceptors (Lipinski definition) is 5. The third-order valence-electron chi connectivity index (χ3n) is 2.45. The fourth-order valence-electron chi connectivity index (χ4n) is 1.83. The van der Waals surface area contributed by atoms with E-state index in [1.54, 1.807) is 0 Å². The molecular formula is C12H21NO3S. The number of thioether (sulfide) groups is 1. The van der Waals surface area contributed by atoms with Gasteiger partial charge in [-0.15, -0.1) is 0 Å². The van der Waals surface area contributed by atoms with Gasteiger partial charge in [0.1, 0.15) is 10.3 Å². The molecule has 0 unspecified atom stereocenters. The molecule has 17 heavy (non-hydrogen) atoms. The minimum atomic E-state index is -0.739. The molecule has 4 nitrogen and oxygen atoms in total. The molecule has 1 atom stereocenters. The number of piperidine rings is 1. The highest BCUT2D eigenvalue weighted by Crippen LogP contribution is 2.35. The quantitative estimate of drug-likeness (QED) is 0.765. The maximum absolute atomic E-state index is 12.2. The Hall–Kier alpha value is -0.550. The van der Waals surface area contributed by atoms with E-state index in [1.807, 2.05) is 20.8 Å². The number of esters is 1. The van der Waals surface area contributed by atoms with Gasteiger partial charge in [0.2, 0.25) is 0 Å². The predicted molar refractivity (Wildman–Crippen MR) is 69.0 cm³/mol. The number of ether oxygens (including phenoxy) is 1. The van der Waals surface area contributed by atoms with Gasteiger partial charge in [-0.1, -0.05) is 11.8 Å². The first-order valence-electron chi connectivity index (χ1n) is 5.89. The van der Waals surface area contributed by atoms with E-state index in [9.17, 15) is 9.59 Å². The topological polar surface area (TPSA) is 55.4 Å². The highest BCUT2D eigenvalue weighted by Gasteiger charge is 2.44. The summed E-state index contributed by atoms with van der Waals surface area (Å²) < 4.78 is 4.69. The van der Waals surface area contributed by atoms with Gasteiger partial charge in [-0.2, -0.15) is 0 Å². The van der Waals surface area contributed by atoms with Crippen molar-refractivity contribution in [3.05, 3.63) is 0 Å². The maximum Gasteiger partial charge on any atom is 0.324 e. The predicted octanol–water partition coefficient (Wildman–Crippen LogP) is 1.73. The van der Waals surface area contributed by atoms with Crippen molar-refractivity contribution in [1.82, 2.24) is 5.32 Å². The normalized spacial score (nSPS) is 25.4. The van der Waals surface area contributed by atoms with Crippen LogP contribution in [0.5, 0.6) is 0 Å². The molecule has 1 heterocycles. The van der Waals surface area contributed by atoms with Crippen LogP contribution in [0.1, 0.15) is 40.5 Å². The van der Waals surface area contributed by atoms with E-state index in [-0.39, 0.29) is 11.1 Å². The highest BCUT2D eigenvalue weighted by atomic mass is 32.2. The lowest BCUT2D eigenvalue weighted by Crippen LogP contribution is -2.51. The zero-order chi connectivity index (χ0) is 13.1. The molecule has 0 amide bonds. The molecule has 1 N–H and O–H groups in total. The average Bonchev–Trinajstić information content (AvgIpc) is 2.15. The minimum Gasteiger partial charge on any atom is -0.459 e. The van der Waals surface area contributed by atoms with Gasteiger partial charge in [0, 0.05) is 13.5 Å². The van der Waals surface area contributed by atoms with E-state index >= 15 is 0 Å². The Morgan fingerprint density at radius 2 is 2.00 bits per heavy atom. The van der Waals surface area contributed by atoms with E-state index in [2.05, 4.69) is 5.32 Å². The average molecular weight is 259 g/mol. The van der Waals surface area contributed by atoms with Crippen LogP contribution < -0.4 is 5.32 Å². The summed E-state index contributed by atoms with van der Waals surface area (Å²) in [5, 5.41) is 3.13. The third kappa shape index (κ3) is 4.32. The van der Waals surface area contributed by atoms with Crippen LogP contribution in [-0.4, -0.2) is 34.5 Å². The molecule has 0 radical (unpaired) electrons. The molecule has 5 heteroatoms.